The second kappa shape index (κ2) is 4.82. The number of aryl methyl sites for hydroxylation is 1. The fraction of sp³-hybridized carbons (Fsp3) is 0.250. The second-order valence-electron chi connectivity index (χ2n) is 5.04. The van der Waals surface area contributed by atoms with Crippen molar-refractivity contribution in [3.63, 3.8) is 0 Å². The minimum absolute atomic E-state index is 0.140. The molecule has 0 aliphatic carbocycles. The summed E-state index contributed by atoms with van der Waals surface area (Å²) in [4.78, 5) is 0.535. The normalized spacial score (nSPS) is 20.1. The van der Waals surface area contributed by atoms with Crippen LogP contribution in [0.5, 0.6) is 0 Å². The molecule has 0 saturated heterocycles. The van der Waals surface area contributed by atoms with E-state index < -0.39 is 9.84 Å². The Bertz CT molecular complexity index is 675. The van der Waals surface area contributed by atoms with Crippen LogP contribution in [-0.4, -0.2) is 14.2 Å². The van der Waals surface area contributed by atoms with E-state index in [1.165, 1.54) is 5.56 Å². The van der Waals surface area contributed by atoms with Gasteiger partial charge in [-0.25, -0.2) is 8.42 Å². The van der Waals surface area contributed by atoms with Gasteiger partial charge in [-0.15, -0.1) is 0 Å². The highest BCUT2D eigenvalue weighted by Crippen LogP contribution is 2.37. The van der Waals surface area contributed by atoms with E-state index in [9.17, 15) is 8.42 Å². The molecule has 0 fully saturated rings. The lowest BCUT2D eigenvalue weighted by Crippen LogP contribution is -2.04. The number of benzene rings is 2. The van der Waals surface area contributed by atoms with Crippen molar-refractivity contribution in [2.75, 3.05) is 5.75 Å². The molecule has 0 amide bonds. The summed E-state index contributed by atoms with van der Waals surface area (Å²) in [5.41, 5.74) is 2.27. The van der Waals surface area contributed by atoms with E-state index in [-0.39, 0.29) is 11.7 Å². The largest absolute Gasteiger partial charge is 0.224 e. The number of rotatable bonds is 3. The third-order valence-corrected chi connectivity index (χ3v) is 5.62. The molecular formula is C16H16O2S. The van der Waals surface area contributed by atoms with Crippen molar-refractivity contribution in [3.8, 4) is 0 Å². The van der Waals surface area contributed by atoms with Gasteiger partial charge in [-0.1, -0.05) is 48.5 Å². The number of sulfone groups is 1. The van der Waals surface area contributed by atoms with E-state index in [0.29, 0.717) is 4.90 Å². The van der Waals surface area contributed by atoms with Crippen LogP contribution in [0, 0.1) is 0 Å². The number of fused-ring (bicyclic) bond motifs is 1. The van der Waals surface area contributed by atoms with Gasteiger partial charge in [-0.2, -0.15) is 0 Å². The molecule has 0 aromatic heterocycles. The van der Waals surface area contributed by atoms with Gasteiger partial charge >= 0.3 is 0 Å². The molecule has 0 spiro atoms. The zero-order valence-electron chi connectivity index (χ0n) is 10.6. The Morgan fingerprint density at radius 3 is 2.42 bits per heavy atom. The average Bonchev–Trinajstić information content (AvgIpc) is 2.70. The van der Waals surface area contributed by atoms with Gasteiger partial charge in [0.05, 0.1) is 10.6 Å². The molecule has 0 saturated carbocycles. The van der Waals surface area contributed by atoms with Crippen molar-refractivity contribution in [2.24, 2.45) is 0 Å². The van der Waals surface area contributed by atoms with Crippen molar-refractivity contribution < 1.29 is 8.42 Å². The predicted molar refractivity (Wildman–Crippen MR) is 76.0 cm³/mol. The van der Waals surface area contributed by atoms with Crippen LogP contribution in [0.15, 0.2) is 59.5 Å². The summed E-state index contributed by atoms with van der Waals surface area (Å²) in [6, 6.07) is 17.6. The molecule has 2 nitrogen and oxygen atoms in total. The van der Waals surface area contributed by atoms with Gasteiger partial charge in [0.2, 0.25) is 0 Å². The molecule has 0 bridgehead atoms. The van der Waals surface area contributed by atoms with Gasteiger partial charge in [-0.05, 0) is 36.0 Å². The standard InChI is InChI=1S/C16H16O2S/c17-19(18)12-14(15-8-4-5-9-16(15)19)11-10-13-6-2-1-3-7-13/h1-9,14H,10-12H2. The summed E-state index contributed by atoms with van der Waals surface area (Å²) >= 11 is 0. The number of hydrogen-bond acceptors (Lipinski definition) is 2. The van der Waals surface area contributed by atoms with E-state index in [0.717, 1.165) is 18.4 Å². The maximum Gasteiger partial charge on any atom is 0.179 e. The lowest BCUT2D eigenvalue weighted by Gasteiger charge is -2.09. The minimum atomic E-state index is -3.06. The summed E-state index contributed by atoms with van der Waals surface area (Å²) in [6.45, 7) is 0. The molecule has 2 aromatic rings. The smallest absolute Gasteiger partial charge is 0.179 e. The van der Waals surface area contributed by atoms with E-state index in [4.69, 9.17) is 0 Å². The topological polar surface area (TPSA) is 34.1 Å². The second-order valence-corrected chi connectivity index (χ2v) is 7.04. The first-order chi connectivity index (χ1) is 9.17. The molecule has 1 heterocycles. The SMILES string of the molecule is O=S1(=O)CC(CCc2ccccc2)c2ccccc21. The van der Waals surface area contributed by atoms with Crippen LogP contribution in [0.4, 0.5) is 0 Å². The third kappa shape index (κ3) is 2.43. The van der Waals surface area contributed by atoms with Crippen LogP contribution >= 0.6 is 0 Å². The summed E-state index contributed by atoms with van der Waals surface area (Å²) in [5.74, 6) is 0.403. The highest BCUT2D eigenvalue weighted by molar-refractivity contribution is 7.91. The Kier molecular flexibility index (Phi) is 3.15. The zero-order valence-corrected chi connectivity index (χ0v) is 11.4. The van der Waals surface area contributed by atoms with E-state index >= 15 is 0 Å². The minimum Gasteiger partial charge on any atom is -0.224 e. The third-order valence-electron chi connectivity index (χ3n) is 3.74. The molecule has 1 unspecified atom stereocenters. The molecular weight excluding hydrogens is 256 g/mol. The summed E-state index contributed by atoms with van der Waals surface area (Å²) in [7, 11) is -3.06. The summed E-state index contributed by atoms with van der Waals surface area (Å²) < 4.78 is 24.1. The highest BCUT2D eigenvalue weighted by Gasteiger charge is 2.33. The van der Waals surface area contributed by atoms with Crippen molar-refractivity contribution in [2.45, 2.75) is 23.7 Å². The highest BCUT2D eigenvalue weighted by atomic mass is 32.2. The van der Waals surface area contributed by atoms with Crippen LogP contribution in [0.25, 0.3) is 0 Å². The molecule has 0 N–H and O–H groups in total. The maximum absolute atomic E-state index is 12.1. The zero-order chi connectivity index (χ0) is 13.3. The van der Waals surface area contributed by atoms with Gasteiger partial charge in [0.15, 0.2) is 9.84 Å². The Hall–Kier alpha value is -1.61. The van der Waals surface area contributed by atoms with E-state index in [1.54, 1.807) is 12.1 Å². The fourth-order valence-electron chi connectivity index (χ4n) is 2.77. The molecule has 3 heteroatoms. The van der Waals surface area contributed by atoms with Crippen molar-refractivity contribution in [3.05, 3.63) is 65.7 Å². The van der Waals surface area contributed by atoms with Crippen molar-refractivity contribution in [1.29, 1.82) is 0 Å². The Balaban J connectivity index is 1.81. The van der Waals surface area contributed by atoms with Gasteiger partial charge in [0.25, 0.3) is 0 Å². The molecule has 1 aliphatic heterocycles. The van der Waals surface area contributed by atoms with Gasteiger partial charge in [0, 0.05) is 0 Å². The van der Waals surface area contributed by atoms with E-state index in [1.807, 2.05) is 30.3 Å². The van der Waals surface area contributed by atoms with Gasteiger partial charge in [0.1, 0.15) is 0 Å². The lowest BCUT2D eigenvalue weighted by atomic mass is 9.94. The quantitative estimate of drug-likeness (QED) is 0.860. The molecule has 1 aliphatic rings. The Morgan fingerprint density at radius 2 is 1.63 bits per heavy atom. The summed E-state index contributed by atoms with van der Waals surface area (Å²) in [5, 5.41) is 0. The first kappa shape index (κ1) is 12.4. The molecule has 3 rings (SSSR count). The monoisotopic (exact) mass is 272 g/mol. The van der Waals surface area contributed by atoms with Crippen molar-refractivity contribution >= 4 is 9.84 Å². The van der Waals surface area contributed by atoms with Gasteiger partial charge < -0.3 is 0 Å². The van der Waals surface area contributed by atoms with Crippen LogP contribution in [-0.2, 0) is 16.3 Å². The van der Waals surface area contributed by atoms with Crippen LogP contribution < -0.4 is 0 Å². The molecule has 0 radical (unpaired) electrons. The molecule has 2 aromatic carbocycles. The van der Waals surface area contributed by atoms with Crippen LogP contribution in [0.1, 0.15) is 23.5 Å². The van der Waals surface area contributed by atoms with Crippen LogP contribution in [0.3, 0.4) is 0 Å². The average molecular weight is 272 g/mol. The predicted octanol–water partition coefficient (Wildman–Crippen LogP) is 3.19. The summed E-state index contributed by atoms with van der Waals surface area (Å²) in [6.07, 6.45) is 1.82. The number of hydrogen-bond donors (Lipinski definition) is 0. The van der Waals surface area contributed by atoms with E-state index in [2.05, 4.69) is 12.1 Å². The maximum atomic E-state index is 12.1. The Labute approximate surface area is 114 Å². The van der Waals surface area contributed by atoms with Gasteiger partial charge in [-0.3, -0.25) is 0 Å². The molecule has 1 atom stereocenters. The van der Waals surface area contributed by atoms with Crippen LogP contribution in [0.2, 0.25) is 0 Å². The first-order valence-electron chi connectivity index (χ1n) is 6.52. The lowest BCUT2D eigenvalue weighted by molar-refractivity contribution is 0.594. The Morgan fingerprint density at radius 1 is 0.947 bits per heavy atom. The molecule has 98 valence electrons. The first-order valence-corrected chi connectivity index (χ1v) is 8.18. The molecule has 19 heavy (non-hydrogen) atoms. The van der Waals surface area contributed by atoms with Crippen molar-refractivity contribution in [1.82, 2.24) is 0 Å². The fourth-order valence-corrected chi connectivity index (χ4v) is 4.71.